The predicted molar refractivity (Wildman–Crippen MR) is 115 cm³/mol. The number of aromatic nitrogens is 2. The molecule has 1 atom stereocenters. The number of hydrogen-bond acceptors (Lipinski definition) is 3. The van der Waals surface area contributed by atoms with Crippen LogP contribution in [-0.2, 0) is 0 Å². The van der Waals surface area contributed by atoms with E-state index in [2.05, 4.69) is 36.8 Å². The molecule has 4 nitrogen and oxygen atoms in total. The average molecular weight is 385 g/mol. The highest BCUT2D eigenvalue weighted by Crippen LogP contribution is 2.32. The maximum atomic E-state index is 6.17. The summed E-state index contributed by atoms with van der Waals surface area (Å²) in [5.41, 5.74) is 6.33. The van der Waals surface area contributed by atoms with Gasteiger partial charge in [-0.25, -0.2) is 4.98 Å². The first-order valence-electron chi connectivity index (χ1n) is 9.70. The molecular weight excluding hydrogens is 356 g/mol. The molecule has 3 rings (SSSR count). The van der Waals surface area contributed by atoms with E-state index < -0.39 is 0 Å². The quantitative estimate of drug-likeness (QED) is 0.596. The molecule has 0 radical (unpaired) electrons. The number of aryl methyl sites for hydroxylation is 1. The van der Waals surface area contributed by atoms with Gasteiger partial charge in [0, 0.05) is 48.4 Å². The van der Waals surface area contributed by atoms with Crippen LogP contribution in [0, 0.1) is 12.8 Å². The van der Waals surface area contributed by atoms with Crippen LogP contribution in [0.1, 0.15) is 56.7 Å². The second-order valence-corrected chi connectivity index (χ2v) is 7.89. The van der Waals surface area contributed by atoms with Crippen molar-refractivity contribution in [2.75, 3.05) is 7.05 Å². The number of imidazole rings is 1. The van der Waals surface area contributed by atoms with Crippen molar-refractivity contribution in [3.05, 3.63) is 58.8 Å². The van der Waals surface area contributed by atoms with Gasteiger partial charge in [0.25, 0.3) is 0 Å². The summed E-state index contributed by atoms with van der Waals surface area (Å²) >= 11 is 6.17. The Balaban J connectivity index is 1.79. The molecule has 2 aromatic rings. The van der Waals surface area contributed by atoms with Gasteiger partial charge in [0.1, 0.15) is 5.65 Å². The number of nitrogens with one attached hydrogen (secondary N) is 1. The summed E-state index contributed by atoms with van der Waals surface area (Å²) in [6.07, 6.45) is 10.7. The molecular formula is C22H29ClN4. The Kier molecular flexibility index (Phi) is 6.05. The smallest absolute Gasteiger partial charge is 0.140 e. The number of allylic oxidation sites excluding steroid dienone is 3. The zero-order valence-electron chi connectivity index (χ0n) is 16.7. The van der Waals surface area contributed by atoms with Crippen LogP contribution in [-0.4, -0.2) is 22.1 Å². The highest BCUT2D eigenvalue weighted by Gasteiger charge is 2.26. The molecule has 1 saturated carbocycles. The lowest BCUT2D eigenvalue weighted by Gasteiger charge is -2.18. The van der Waals surface area contributed by atoms with Gasteiger partial charge in [0.05, 0.1) is 10.7 Å². The van der Waals surface area contributed by atoms with Crippen LogP contribution >= 0.6 is 11.6 Å². The molecule has 5 heteroatoms. The van der Waals surface area contributed by atoms with Gasteiger partial charge >= 0.3 is 0 Å². The lowest BCUT2D eigenvalue weighted by Crippen LogP contribution is -2.18. The van der Waals surface area contributed by atoms with Gasteiger partial charge in [-0.15, -0.1) is 0 Å². The van der Waals surface area contributed by atoms with Gasteiger partial charge in [0.2, 0.25) is 0 Å². The highest BCUT2D eigenvalue weighted by molar-refractivity contribution is 6.30. The minimum atomic E-state index is 0.0891. The van der Waals surface area contributed by atoms with E-state index in [1.807, 2.05) is 36.8 Å². The molecule has 144 valence electrons. The van der Waals surface area contributed by atoms with Crippen LogP contribution in [0.5, 0.6) is 0 Å². The minimum absolute atomic E-state index is 0.0891. The number of pyridine rings is 1. The van der Waals surface area contributed by atoms with Gasteiger partial charge in [-0.05, 0) is 43.9 Å². The number of halogens is 1. The zero-order valence-corrected chi connectivity index (χ0v) is 17.5. The highest BCUT2D eigenvalue weighted by atomic mass is 35.5. The summed E-state index contributed by atoms with van der Waals surface area (Å²) < 4.78 is 1.99. The number of aliphatic imine (C=N–C) groups is 1. The van der Waals surface area contributed by atoms with Crippen molar-refractivity contribution in [1.29, 1.82) is 0 Å². The van der Waals surface area contributed by atoms with Crippen molar-refractivity contribution in [2.45, 2.75) is 52.4 Å². The van der Waals surface area contributed by atoms with Crippen LogP contribution in [0.2, 0.25) is 5.02 Å². The fraction of sp³-hybridized carbons (Fsp3) is 0.455. The van der Waals surface area contributed by atoms with Gasteiger partial charge in [-0.1, -0.05) is 38.4 Å². The fourth-order valence-electron chi connectivity index (χ4n) is 3.31. The van der Waals surface area contributed by atoms with Crippen molar-refractivity contribution in [3.63, 3.8) is 0 Å². The number of fused-ring (bicyclic) bond motifs is 1. The molecule has 0 saturated heterocycles. The summed E-state index contributed by atoms with van der Waals surface area (Å²) in [5, 5.41) is 4.26. The Morgan fingerprint density at radius 2 is 2.22 bits per heavy atom. The number of nitrogens with zero attached hydrogens (tertiary/aromatic N) is 3. The second-order valence-electron chi connectivity index (χ2n) is 7.45. The third-order valence-electron chi connectivity index (χ3n) is 5.10. The SMILES string of the molecule is C=C(N/C(=C/C(=N\C)C1CC1)CCC)C(C)c1cn2cc(Cl)cc(C)c2n1. The molecule has 0 aliphatic heterocycles. The fourth-order valence-corrected chi connectivity index (χ4v) is 3.58. The predicted octanol–water partition coefficient (Wildman–Crippen LogP) is 5.67. The van der Waals surface area contributed by atoms with E-state index in [9.17, 15) is 0 Å². The van der Waals surface area contributed by atoms with Crippen molar-refractivity contribution in [2.24, 2.45) is 10.9 Å². The molecule has 1 aliphatic rings. The van der Waals surface area contributed by atoms with Crippen LogP contribution in [0.4, 0.5) is 0 Å². The number of hydrogen-bond donors (Lipinski definition) is 1. The Morgan fingerprint density at radius 3 is 2.85 bits per heavy atom. The minimum Gasteiger partial charge on any atom is -0.362 e. The van der Waals surface area contributed by atoms with Crippen LogP contribution in [0.3, 0.4) is 0 Å². The lowest BCUT2D eigenvalue weighted by molar-refractivity contribution is 0.738. The van der Waals surface area contributed by atoms with Gasteiger partial charge in [0.15, 0.2) is 0 Å². The van der Waals surface area contributed by atoms with E-state index in [0.29, 0.717) is 10.9 Å². The third-order valence-corrected chi connectivity index (χ3v) is 5.31. The topological polar surface area (TPSA) is 41.7 Å². The molecule has 0 bridgehead atoms. The molecule has 1 fully saturated rings. The molecule has 0 amide bonds. The summed E-state index contributed by atoms with van der Waals surface area (Å²) in [7, 11) is 1.88. The van der Waals surface area contributed by atoms with E-state index in [1.54, 1.807) is 0 Å². The van der Waals surface area contributed by atoms with E-state index in [-0.39, 0.29) is 5.92 Å². The van der Waals surface area contributed by atoms with Crippen LogP contribution in [0.25, 0.3) is 5.65 Å². The molecule has 1 aliphatic carbocycles. The summed E-state index contributed by atoms with van der Waals surface area (Å²) in [6.45, 7) is 10.6. The maximum Gasteiger partial charge on any atom is 0.140 e. The summed E-state index contributed by atoms with van der Waals surface area (Å²) in [4.78, 5) is 9.27. The molecule has 27 heavy (non-hydrogen) atoms. The van der Waals surface area contributed by atoms with Crippen LogP contribution in [0.15, 0.2) is 47.5 Å². The monoisotopic (exact) mass is 384 g/mol. The van der Waals surface area contributed by atoms with E-state index in [0.717, 1.165) is 35.4 Å². The Bertz CT molecular complexity index is 902. The standard InChI is InChI=1S/C22H29ClN4/c1-6-7-19(11-20(24-5)17-8-9-17)25-16(4)15(3)21-13-27-12-18(23)10-14(2)22(27)26-21/h10-13,15,17,25H,4,6-9H2,1-3,5H3/b19-11+,24-20+. The van der Waals surface area contributed by atoms with E-state index in [4.69, 9.17) is 16.6 Å². The van der Waals surface area contributed by atoms with Crippen LogP contribution < -0.4 is 5.32 Å². The Hall–Kier alpha value is -2.07. The van der Waals surface area contributed by atoms with Gasteiger partial charge in [-0.2, -0.15) is 0 Å². The van der Waals surface area contributed by atoms with E-state index in [1.165, 1.54) is 24.3 Å². The summed E-state index contributed by atoms with van der Waals surface area (Å²) in [6, 6.07) is 1.94. The molecule has 1 unspecified atom stereocenters. The molecule has 0 aromatic carbocycles. The Labute approximate surface area is 167 Å². The summed E-state index contributed by atoms with van der Waals surface area (Å²) in [5.74, 6) is 0.729. The second kappa shape index (κ2) is 8.30. The van der Waals surface area contributed by atoms with Crippen molar-refractivity contribution >= 4 is 23.0 Å². The third kappa shape index (κ3) is 4.62. The van der Waals surface area contributed by atoms with Crippen molar-refractivity contribution < 1.29 is 0 Å². The van der Waals surface area contributed by atoms with Gasteiger partial charge < -0.3 is 9.72 Å². The zero-order chi connectivity index (χ0) is 19.6. The largest absolute Gasteiger partial charge is 0.362 e. The molecule has 1 N–H and O–H groups in total. The molecule has 0 spiro atoms. The first-order valence-corrected chi connectivity index (χ1v) is 10.1. The average Bonchev–Trinajstić information content (AvgIpc) is 3.37. The first kappa shape index (κ1) is 19.7. The van der Waals surface area contributed by atoms with Gasteiger partial charge in [-0.3, -0.25) is 4.99 Å². The number of rotatable bonds is 8. The van der Waals surface area contributed by atoms with E-state index >= 15 is 0 Å². The van der Waals surface area contributed by atoms with Crippen molar-refractivity contribution in [3.8, 4) is 0 Å². The van der Waals surface area contributed by atoms with Crippen molar-refractivity contribution in [1.82, 2.24) is 14.7 Å². The molecule has 2 aromatic heterocycles. The lowest BCUT2D eigenvalue weighted by atomic mass is 10.0. The normalized spacial score (nSPS) is 16.6. The molecule has 2 heterocycles. The Morgan fingerprint density at radius 1 is 1.48 bits per heavy atom. The first-order chi connectivity index (χ1) is 12.9. The maximum absolute atomic E-state index is 6.17.